The highest BCUT2D eigenvalue weighted by molar-refractivity contribution is 6.44. The van der Waals surface area contributed by atoms with Gasteiger partial charge in [0.1, 0.15) is 0 Å². The fourth-order valence-corrected chi connectivity index (χ4v) is 12.3. The average Bonchev–Trinajstić information content (AvgIpc) is 3.36. The van der Waals surface area contributed by atoms with Crippen molar-refractivity contribution in [2.24, 2.45) is 0 Å². The van der Waals surface area contributed by atoms with Gasteiger partial charge >= 0.3 is 0 Å². The SMILES string of the molecule is CCCCCCC(CCCCCC)N1C(=O)c2ccc3c4c(N5CCOCC5)cc5c6c(cc(N7CCOCC7)c(c7ccc(c2c37)C1=O)c64)C(=O)N(C(CCCCCC)CCCCCC)C5=O. The van der Waals surface area contributed by atoms with Crippen LogP contribution in [0.2, 0.25) is 0 Å². The number of unbranched alkanes of at least 4 members (excludes halogenated alkanes) is 12. The van der Waals surface area contributed by atoms with Crippen molar-refractivity contribution < 1.29 is 28.7 Å². The normalized spacial score (nSPS) is 16.8. The van der Waals surface area contributed by atoms with Gasteiger partial charge in [0.05, 0.1) is 37.6 Å². The van der Waals surface area contributed by atoms with E-state index < -0.39 is 0 Å². The molecule has 0 aromatic heterocycles. The molecule has 9 rings (SSSR count). The van der Waals surface area contributed by atoms with Gasteiger partial charge in [0, 0.05) is 87.7 Å². The molecule has 0 atom stereocenters. The summed E-state index contributed by atoms with van der Waals surface area (Å²) in [6, 6.07) is 11.9. The Morgan fingerprint density at radius 2 is 0.735 bits per heavy atom. The zero-order valence-electron chi connectivity index (χ0n) is 41.7. The lowest BCUT2D eigenvalue weighted by atomic mass is 9.80. The number of rotatable bonds is 24. The van der Waals surface area contributed by atoms with E-state index in [-0.39, 0.29) is 35.7 Å². The Morgan fingerprint density at radius 1 is 0.397 bits per heavy atom. The number of benzene rings is 5. The number of amides is 4. The van der Waals surface area contributed by atoms with E-state index in [1.165, 1.54) is 0 Å². The Labute approximate surface area is 404 Å². The van der Waals surface area contributed by atoms with Crippen LogP contribution >= 0.6 is 0 Å². The van der Waals surface area contributed by atoms with E-state index in [2.05, 4.69) is 61.8 Å². The van der Waals surface area contributed by atoms with Crippen molar-refractivity contribution in [3.8, 4) is 0 Å². The van der Waals surface area contributed by atoms with Gasteiger partial charge in [-0.25, -0.2) is 0 Å². The van der Waals surface area contributed by atoms with Gasteiger partial charge in [-0.2, -0.15) is 0 Å². The van der Waals surface area contributed by atoms with Crippen molar-refractivity contribution in [3.05, 3.63) is 58.7 Å². The molecular weight excluding hydrogens is 849 g/mol. The Morgan fingerprint density at radius 3 is 1.09 bits per heavy atom. The lowest BCUT2D eigenvalue weighted by Gasteiger charge is -2.39. The van der Waals surface area contributed by atoms with E-state index in [0.29, 0.717) is 80.2 Å². The molecule has 4 aliphatic heterocycles. The number of hydrogen-bond donors (Lipinski definition) is 0. The maximum atomic E-state index is 15.5. The van der Waals surface area contributed by atoms with Crippen LogP contribution in [0.3, 0.4) is 0 Å². The zero-order chi connectivity index (χ0) is 47.3. The maximum Gasteiger partial charge on any atom is 0.261 e. The van der Waals surface area contributed by atoms with Crippen molar-refractivity contribution in [1.29, 1.82) is 0 Å². The molecule has 364 valence electrons. The van der Waals surface area contributed by atoms with Crippen molar-refractivity contribution >= 4 is 78.1 Å². The average molecular weight is 925 g/mol. The largest absolute Gasteiger partial charge is 0.378 e. The van der Waals surface area contributed by atoms with E-state index >= 15 is 19.2 Å². The minimum atomic E-state index is -0.199. The third-order valence-corrected chi connectivity index (χ3v) is 15.9. The molecule has 10 nitrogen and oxygen atoms in total. The fourth-order valence-electron chi connectivity index (χ4n) is 12.3. The van der Waals surface area contributed by atoms with Crippen LogP contribution in [-0.4, -0.2) is 98.1 Å². The molecular formula is C58H76N4O6. The summed E-state index contributed by atoms with van der Waals surface area (Å²) in [5.74, 6) is -0.794. The smallest absolute Gasteiger partial charge is 0.261 e. The van der Waals surface area contributed by atoms with Gasteiger partial charge < -0.3 is 19.3 Å². The first kappa shape index (κ1) is 48.2. The molecule has 5 aromatic rings. The maximum absolute atomic E-state index is 15.5. The summed E-state index contributed by atoms with van der Waals surface area (Å²) in [5, 5.41) is 7.04. The van der Waals surface area contributed by atoms with E-state index in [4.69, 9.17) is 9.47 Å². The lowest BCUT2D eigenvalue weighted by molar-refractivity contribution is 0.0501. The third-order valence-electron chi connectivity index (χ3n) is 15.9. The van der Waals surface area contributed by atoms with Gasteiger partial charge in [0.15, 0.2) is 0 Å². The van der Waals surface area contributed by atoms with Crippen LogP contribution in [0.1, 0.15) is 198 Å². The van der Waals surface area contributed by atoms with Crippen LogP contribution < -0.4 is 9.80 Å². The Hall–Kier alpha value is -4.80. The van der Waals surface area contributed by atoms with E-state index in [9.17, 15) is 0 Å². The standard InChI is InChI=1S/C58H76N4O6/c1-5-9-13-17-21-39(22-18-14-10-6-2)61-55(63)43-27-25-41-49-42(26-28-44(50(43)49)56(61)64)53-48(60-31-35-68-36-32-60)38-46-51-45(37-47(52(41)54(51)53)59-29-33-67-34-30-59)57(65)62(58(46)66)40(23-19-15-11-7-3)24-20-16-12-8-4/h25-28,37-40H,5-24,29-36H2,1-4H3. The number of hydrogen-bond acceptors (Lipinski definition) is 8. The summed E-state index contributed by atoms with van der Waals surface area (Å²) >= 11 is 0. The van der Waals surface area contributed by atoms with Crippen molar-refractivity contribution in [3.63, 3.8) is 0 Å². The van der Waals surface area contributed by atoms with Crippen LogP contribution in [0.5, 0.6) is 0 Å². The summed E-state index contributed by atoms with van der Waals surface area (Å²) in [6.45, 7) is 13.7. The second kappa shape index (κ2) is 21.9. The molecule has 4 amide bonds. The molecule has 4 aliphatic rings. The number of ether oxygens (including phenoxy) is 2. The molecule has 2 fully saturated rings. The van der Waals surface area contributed by atoms with Crippen LogP contribution in [0.4, 0.5) is 11.4 Å². The summed E-state index contributed by atoms with van der Waals surface area (Å²) in [6.07, 6.45) is 20.6. The monoisotopic (exact) mass is 925 g/mol. The first-order valence-corrected chi connectivity index (χ1v) is 27.0. The highest BCUT2D eigenvalue weighted by Gasteiger charge is 2.42. The lowest BCUT2D eigenvalue weighted by Crippen LogP contribution is -2.47. The fraction of sp³-hybridized carbons (Fsp3) is 0.586. The Balaban J connectivity index is 1.27. The molecule has 0 radical (unpaired) electrons. The number of fused-ring (bicyclic) bond motifs is 2. The number of anilines is 2. The van der Waals surface area contributed by atoms with Crippen molar-refractivity contribution in [2.45, 2.75) is 168 Å². The van der Waals surface area contributed by atoms with Gasteiger partial charge in [-0.15, -0.1) is 0 Å². The van der Waals surface area contributed by atoms with Crippen LogP contribution in [0.25, 0.3) is 43.1 Å². The van der Waals surface area contributed by atoms with Crippen LogP contribution in [0, 0.1) is 0 Å². The molecule has 10 heteroatoms. The Kier molecular flexibility index (Phi) is 15.5. The number of imide groups is 2. The second-order valence-corrected chi connectivity index (χ2v) is 20.3. The van der Waals surface area contributed by atoms with Crippen molar-refractivity contribution in [1.82, 2.24) is 9.80 Å². The summed E-state index contributed by atoms with van der Waals surface area (Å²) in [7, 11) is 0. The molecule has 5 aromatic carbocycles. The number of carbonyl (C=O) groups is 4. The minimum absolute atomic E-state index is 0.154. The summed E-state index contributed by atoms with van der Waals surface area (Å²) in [5.41, 5.74) is 4.20. The molecule has 0 aliphatic carbocycles. The van der Waals surface area contributed by atoms with Gasteiger partial charge in [-0.05, 0) is 66.1 Å². The van der Waals surface area contributed by atoms with E-state index in [0.717, 1.165) is 177 Å². The van der Waals surface area contributed by atoms with Gasteiger partial charge in [-0.3, -0.25) is 29.0 Å². The first-order chi connectivity index (χ1) is 33.3. The summed E-state index contributed by atoms with van der Waals surface area (Å²) in [4.78, 5) is 69.1. The van der Waals surface area contributed by atoms with Gasteiger partial charge in [0.2, 0.25) is 0 Å². The molecule has 0 spiro atoms. The summed E-state index contributed by atoms with van der Waals surface area (Å²) < 4.78 is 11.9. The molecule has 0 saturated carbocycles. The van der Waals surface area contributed by atoms with Crippen LogP contribution in [-0.2, 0) is 9.47 Å². The molecule has 68 heavy (non-hydrogen) atoms. The highest BCUT2D eigenvalue weighted by Crippen LogP contribution is 2.53. The quantitative estimate of drug-likeness (QED) is 0.0261. The molecule has 4 heterocycles. The van der Waals surface area contributed by atoms with Gasteiger partial charge in [-0.1, -0.05) is 143 Å². The zero-order valence-corrected chi connectivity index (χ0v) is 41.7. The predicted molar refractivity (Wildman–Crippen MR) is 277 cm³/mol. The van der Waals surface area contributed by atoms with Crippen LogP contribution in [0.15, 0.2) is 36.4 Å². The molecule has 0 bridgehead atoms. The minimum Gasteiger partial charge on any atom is -0.378 e. The molecule has 2 saturated heterocycles. The molecule has 0 unspecified atom stereocenters. The number of morpholine rings is 2. The first-order valence-electron chi connectivity index (χ1n) is 27.0. The van der Waals surface area contributed by atoms with Crippen molar-refractivity contribution in [2.75, 3.05) is 62.4 Å². The molecule has 0 N–H and O–H groups in total. The number of nitrogens with zero attached hydrogens (tertiary/aromatic N) is 4. The van der Waals surface area contributed by atoms with E-state index in [1.807, 2.05) is 12.1 Å². The number of carbonyl (C=O) groups excluding carboxylic acids is 4. The highest BCUT2D eigenvalue weighted by atomic mass is 16.5. The topological polar surface area (TPSA) is 99.7 Å². The van der Waals surface area contributed by atoms with Gasteiger partial charge in [0.25, 0.3) is 23.6 Å². The second-order valence-electron chi connectivity index (χ2n) is 20.3. The third kappa shape index (κ3) is 8.98. The van der Waals surface area contributed by atoms with E-state index in [1.54, 1.807) is 9.80 Å². The Bertz CT molecular complexity index is 2460. The predicted octanol–water partition coefficient (Wildman–Crippen LogP) is 13.2.